The first-order valence-electron chi connectivity index (χ1n) is 7.99. The maximum absolute atomic E-state index is 4.91. The quantitative estimate of drug-likeness (QED) is 0.452. The topological polar surface area (TPSA) is 25.8 Å². The first kappa shape index (κ1) is 13.9. The van der Waals surface area contributed by atoms with Gasteiger partial charge in [-0.3, -0.25) is 0 Å². The lowest BCUT2D eigenvalue weighted by atomic mass is 9.98. The Morgan fingerprint density at radius 2 is 1.48 bits per heavy atom. The van der Waals surface area contributed by atoms with Crippen LogP contribution in [0.2, 0.25) is 0 Å². The molecule has 0 aliphatic carbocycles. The molecule has 0 bridgehead atoms. The van der Waals surface area contributed by atoms with Gasteiger partial charge in [0.15, 0.2) is 5.82 Å². The van der Waals surface area contributed by atoms with E-state index in [-0.39, 0.29) is 0 Å². The molecule has 1 aromatic heterocycles. The maximum atomic E-state index is 4.91. The summed E-state index contributed by atoms with van der Waals surface area (Å²) < 4.78 is 0. The van der Waals surface area contributed by atoms with E-state index in [1.807, 2.05) is 18.2 Å². The van der Waals surface area contributed by atoms with Gasteiger partial charge in [0, 0.05) is 10.9 Å². The molecule has 0 N–H and O–H groups in total. The van der Waals surface area contributed by atoms with Crippen LogP contribution in [0, 0.1) is 0 Å². The van der Waals surface area contributed by atoms with Crippen LogP contribution in [-0.2, 0) is 0 Å². The molecule has 0 radical (unpaired) electrons. The van der Waals surface area contributed by atoms with Gasteiger partial charge < -0.3 is 0 Å². The van der Waals surface area contributed by atoms with E-state index >= 15 is 0 Å². The number of hydrogen-bond donors (Lipinski definition) is 0. The number of benzene rings is 3. The number of nitrogens with zero attached hydrogens (tertiary/aromatic N) is 2. The van der Waals surface area contributed by atoms with E-state index in [0.29, 0.717) is 5.92 Å². The van der Waals surface area contributed by atoms with Gasteiger partial charge in [0.2, 0.25) is 0 Å². The van der Waals surface area contributed by atoms with Crippen molar-refractivity contribution < 1.29 is 0 Å². The van der Waals surface area contributed by atoms with E-state index < -0.39 is 0 Å². The predicted molar refractivity (Wildman–Crippen MR) is 96.6 cm³/mol. The number of aromatic nitrogens is 2. The monoisotopic (exact) mass is 298 g/mol. The molecule has 2 heteroatoms. The highest BCUT2D eigenvalue weighted by Gasteiger charge is 2.14. The molecule has 0 saturated heterocycles. The first-order valence-corrected chi connectivity index (χ1v) is 7.99. The van der Waals surface area contributed by atoms with Crippen LogP contribution in [0.5, 0.6) is 0 Å². The van der Waals surface area contributed by atoms with Gasteiger partial charge in [-0.25, -0.2) is 9.97 Å². The predicted octanol–water partition coefficient (Wildman–Crippen LogP) is 5.57. The fraction of sp³-hybridized carbons (Fsp3) is 0.143. The summed E-state index contributed by atoms with van der Waals surface area (Å²) in [5, 5.41) is 3.64. The van der Waals surface area contributed by atoms with Crippen LogP contribution in [-0.4, -0.2) is 9.97 Å². The molecule has 2 nitrogen and oxygen atoms in total. The van der Waals surface area contributed by atoms with Crippen molar-refractivity contribution >= 4 is 21.7 Å². The van der Waals surface area contributed by atoms with Gasteiger partial charge in [-0.05, 0) is 22.8 Å². The molecule has 1 heterocycles. The Balaban J connectivity index is 2.10. The average molecular weight is 298 g/mol. The molecule has 4 aromatic rings. The highest BCUT2D eigenvalue weighted by atomic mass is 14.9. The average Bonchev–Trinajstić information content (AvgIpc) is 2.61. The van der Waals surface area contributed by atoms with Crippen molar-refractivity contribution in [3.8, 4) is 11.4 Å². The van der Waals surface area contributed by atoms with Crippen LogP contribution >= 0.6 is 0 Å². The zero-order valence-corrected chi connectivity index (χ0v) is 13.3. The van der Waals surface area contributed by atoms with E-state index in [1.165, 1.54) is 16.2 Å². The van der Waals surface area contributed by atoms with E-state index in [4.69, 9.17) is 9.97 Å². The van der Waals surface area contributed by atoms with Crippen LogP contribution in [0.25, 0.3) is 33.1 Å². The molecule has 0 aliphatic rings. The first-order chi connectivity index (χ1) is 11.2. The molecule has 0 atom stereocenters. The summed E-state index contributed by atoms with van der Waals surface area (Å²) in [5.41, 5.74) is 3.19. The third-order valence-corrected chi connectivity index (χ3v) is 4.19. The third kappa shape index (κ3) is 2.36. The van der Waals surface area contributed by atoms with Crippen molar-refractivity contribution in [1.82, 2.24) is 9.97 Å². The summed E-state index contributed by atoms with van der Waals surface area (Å²) in [6.07, 6.45) is 0. The largest absolute Gasteiger partial charge is 0.232 e. The van der Waals surface area contributed by atoms with Crippen molar-refractivity contribution in [2.75, 3.05) is 0 Å². The maximum Gasteiger partial charge on any atom is 0.160 e. The van der Waals surface area contributed by atoms with Crippen LogP contribution in [0.4, 0.5) is 0 Å². The molecular weight excluding hydrogens is 280 g/mol. The number of fused-ring (bicyclic) bond motifs is 3. The second kappa shape index (κ2) is 5.47. The van der Waals surface area contributed by atoms with Crippen molar-refractivity contribution in [3.05, 3.63) is 72.4 Å². The van der Waals surface area contributed by atoms with Crippen LogP contribution in [0.1, 0.15) is 25.5 Å². The Kier molecular flexibility index (Phi) is 3.30. The molecule has 0 spiro atoms. The molecule has 0 aliphatic heterocycles. The highest BCUT2D eigenvalue weighted by molar-refractivity contribution is 6.07. The Morgan fingerprint density at radius 3 is 2.26 bits per heavy atom. The van der Waals surface area contributed by atoms with Gasteiger partial charge in [0.1, 0.15) is 0 Å². The Bertz CT molecular complexity index is 988. The Labute approximate surface area is 135 Å². The van der Waals surface area contributed by atoms with E-state index in [0.717, 1.165) is 22.6 Å². The Hall–Kier alpha value is -2.74. The van der Waals surface area contributed by atoms with Crippen molar-refractivity contribution in [2.45, 2.75) is 19.8 Å². The fourth-order valence-corrected chi connectivity index (χ4v) is 3.07. The highest BCUT2D eigenvalue weighted by Crippen LogP contribution is 2.31. The summed E-state index contributed by atoms with van der Waals surface area (Å²) in [6.45, 7) is 4.39. The molecular formula is C21H18N2. The van der Waals surface area contributed by atoms with Gasteiger partial charge in [0.05, 0.1) is 11.2 Å². The summed E-state index contributed by atoms with van der Waals surface area (Å²) in [6, 6.07) is 22.9. The van der Waals surface area contributed by atoms with Crippen LogP contribution in [0.15, 0.2) is 66.7 Å². The van der Waals surface area contributed by atoms with Gasteiger partial charge in [-0.2, -0.15) is 0 Å². The standard InChI is InChI=1S/C21H18N2/c1-14(2)20-19-17-11-7-6-8-15(17)12-13-18(19)22-21(23-20)16-9-4-3-5-10-16/h3-14H,1-2H3. The second-order valence-electron chi connectivity index (χ2n) is 6.13. The summed E-state index contributed by atoms with van der Waals surface area (Å²) in [5.74, 6) is 1.14. The fourth-order valence-electron chi connectivity index (χ4n) is 3.07. The molecule has 0 amide bonds. The number of hydrogen-bond acceptors (Lipinski definition) is 2. The lowest BCUT2D eigenvalue weighted by Gasteiger charge is -2.13. The van der Waals surface area contributed by atoms with Gasteiger partial charge in [0.25, 0.3) is 0 Å². The molecule has 112 valence electrons. The minimum absolute atomic E-state index is 0.341. The summed E-state index contributed by atoms with van der Waals surface area (Å²) in [7, 11) is 0. The van der Waals surface area contributed by atoms with E-state index in [9.17, 15) is 0 Å². The van der Waals surface area contributed by atoms with Crippen LogP contribution < -0.4 is 0 Å². The molecule has 4 rings (SSSR count). The minimum atomic E-state index is 0.341. The lowest BCUT2D eigenvalue weighted by molar-refractivity contribution is 0.832. The number of rotatable bonds is 2. The molecule has 0 fully saturated rings. The lowest BCUT2D eigenvalue weighted by Crippen LogP contribution is -2.00. The van der Waals surface area contributed by atoms with Crippen molar-refractivity contribution in [3.63, 3.8) is 0 Å². The molecule has 3 aromatic carbocycles. The van der Waals surface area contributed by atoms with Gasteiger partial charge in [-0.15, -0.1) is 0 Å². The zero-order chi connectivity index (χ0) is 15.8. The SMILES string of the molecule is CC(C)c1nc(-c2ccccc2)nc2ccc3ccccc3c12. The van der Waals surface area contributed by atoms with Gasteiger partial charge in [-0.1, -0.05) is 74.5 Å². The summed E-state index contributed by atoms with van der Waals surface area (Å²) >= 11 is 0. The Morgan fingerprint density at radius 1 is 0.739 bits per heavy atom. The molecule has 0 unspecified atom stereocenters. The second-order valence-corrected chi connectivity index (χ2v) is 6.13. The molecule has 0 saturated carbocycles. The zero-order valence-electron chi connectivity index (χ0n) is 13.3. The van der Waals surface area contributed by atoms with E-state index in [2.05, 4.69) is 62.4 Å². The van der Waals surface area contributed by atoms with Gasteiger partial charge >= 0.3 is 0 Å². The normalized spacial score (nSPS) is 11.4. The summed E-state index contributed by atoms with van der Waals surface area (Å²) in [4.78, 5) is 9.74. The smallest absolute Gasteiger partial charge is 0.160 e. The van der Waals surface area contributed by atoms with E-state index in [1.54, 1.807) is 0 Å². The van der Waals surface area contributed by atoms with Crippen molar-refractivity contribution in [2.24, 2.45) is 0 Å². The van der Waals surface area contributed by atoms with Crippen molar-refractivity contribution in [1.29, 1.82) is 0 Å². The molecule has 23 heavy (non-hydrogen) atoms. The van der Waals surface area contributed by atoms with Crippen LogP contribution in [0.3, 0.4) is 0 Å². The third-order valence-electron chi connectivity index (χ3n) is 4.19. The minimum Gasteiger partial charge on any atom is -0.232 e.